The summed E-state index contributed by atoms with van der Waals surface area (Å²) in [7, 11) is 0. The maximum Gasteiger partial charge on any atom is 0.253 e. The molecule has 6 nitrogen and oxygen atoms in total. The van der Waals surface area contributed by atoms with E-state index in [1.165, 1.54) is 0 Å². The van der Waals surface area contributed by atoms with E-state index in [0.29, 0.717) is 50.4 Å². The molecule has 1 aliphatic rings. The predicted molar refractivity (Wildman–Crippen MR) is 146 cm³/mol. The van der Waals surface area contributed by atoms with Gasteiger partial charge in [0, 0.05) is 12.2 Å². The minimum Gasteiger partial charge on any atom is -0.349 e. The van der Waals surface area contributed by atoms with Gasteiger partial charge in [0.15, 0.2) is 5.65 Å². The average molecular weight is 522 g/mol. The van der Waals surface area contributed by atoms with Crippen molar-refractivity contribution in [2.24, 2.45) is 5.41 Å². The lowest BCUT2D eigenvalue weighted by Crippen LogP contribution is -2.39. The van der Waals surface area contributed by atoms with Gasteiger partial charge in [-0.25, -0.2) is 9.97 Å². The maximum absolute atomic E-state index is 13.0. The number of carbonyl (C=O) groups excluding carboxylic acids is 1. The van der Waals surface area contributed by atoms with Gasteiger partial charge in [0.2, 0.25) is 5.95 Å². The van der Waals surface area contributed by atoms with E-state index in [4.69, 9.17) is 28.2 Å². The predicted octanol–water partition coefficient (Wildman–Crippen LogP) is 7.23. The Morgan fingerprint density at radius 1 is 1.06 bits per heavy atom. The van der Waals surface area contributed by atoms with E-state index in [2.05, 4.69) is 29.5 Å². The molecule has 36 heavy (non-hydrogen) atoms. The fraction of sp³-hybridized carbons (Fsp3) is 0.321. The number of para-hydroxylation sites is 1. The molecule has 0 unspecified atom stereocenters. The molecule has 2 N–H and O–H groups in total. The summed E-state index contributed by atoms with van der Waals surface area (Å²) in [4.78, 5) is 22.5. The monoisotopic (exact) mass is 521 g/mol. The standard InChI is InChI=1S/C28H29Cl2N5O/c1-28(2)13-11-20(12-14-28)32-26(36)19-15-23-25(31-16-19)35(17-18-7-4-3-5-8-18)27(33-23)34-24-21(29)9-6-10-22(24)30/h3-10,15-16,20H,11-14,17H2,1-2H3,(H,32,36)(H,33,34). The molecule has 0 saturated heterocycles. The smallest absolute Gasteiger partial charge is 0.253 e. The number of rotatable bonds is 6. The first-order chi connectivity index (χ1) is 17.3. The van der Waals surface area contributed by atoms with Crippen LogP contribution < -0.4 is 10.6 Å². The number of anilines is 2. The highest BCUT2D eigenvalue weighted by atomic mass is 35.5. The number of nitrogens with one attached hydrogen (secondary N) is 2. The summed E-state index contributed by atoms with van der Waals surface area (Å²) in [5.74, 6) is 0.429. The second kappa shape index (κ2) is 10.1. The van der Waals surface area contributed by atoms with Crippen LogP contribution in [-0.2, 0) is 6.54 Å². The Balaban J connectivity index is 1.46. The Kier molecular flexibility index (Phi) is 6.91. The zero-order valence-electron chi connectivity index (χ0n) is 20.4. The number of nitrogens with zero attached hydrogens (tertiary/aromatic N) is 3. The Labute approximate surface area is 221 Å². The third-order valence-electron chi connectivity index (χ3n) is 6.90. The van der Waals surface area contributed by atoms with E-state index < -0.39 is 0 Å². The molecule has 5 rings (SSSR count). The van der Waals surface area contributed by atoms with Gasteiger partial charge in [-0.05, 0) is 54.9 Å². The van der Waals surface area contributed by atoms with E-state index in [9.17, 15) is 4.79 Å². The van der Waals surface area contributed by atoms with Crippen molar-refractivity contribution < 1.29 is 4.79 Å². The van der Waals surface area contributed by atoms with Gasteiger partial charge in [-0.15, -0.1) is 0 Å². The molecule has 4 aromatic rings. The molecule has 0 atom stereocenters. The van der Waals surface area contributed by atoms with Crippen LogP contribution in [0.15, 0.2) is 60.8 Å². The number of pyridine rings is 1. The van der Waals surface area contributed by atoms with Gasteiger partial charge in [0.05, 0.1) is 27.8 Å². The molecule has 1 aliphatic carbocycles. The van der Waals surface area contributed by atoms with Crippen LogP contribution in [0.25, 0.3) is 11.2 Å². The van der Waals surface area contributed by atoms with Crippen LogP contribution in [0.1, 0.15) is 55.5 Å². The summed E-state index contributed by atoms with van der Waals surface area (Å²) < 4.78 is 1.97. The summed E-state index contributed by atoms with van der Waals surface area (Å²) in [6, 6.07) is 17.4. The van der Waals surface area contributed by atoms with Gasteiger partial charge >= 0.3 is 0 Å². The molecular formula is C28H29Cl2N5O. The average Bonchev–Trinajstić information content (AvgIpc) is 3.19. The van der Waals surface area contributed by atoms with Gasteiger partial charge in [-0.3, -0.25) is 9.36 Å². The number of hydrogen-bond acceptors (Lipinski definition) is 4. The lowest BCUT2D eigenvalue weighted by Gasteiger charge is -2.34. The third kappa shape index (κ3) is 5.35. The van der Waals surface area contributed by atoms with Crippen molar-refractivity contribution in [2.75, 3.05) is 5.32 Å². The summed E-state index contributed by atoms with van der Waals surface area (Å²) in [5.41, 5.74) is 3.80. The third-order valence-corrected chi connectivity index (χ3v) is 7.53. The van der Waals surface area contributed by atoms with Crippen molar-refractivity contribution in [2.45, 2.75) is 52.1 Å². The second-order valence-corrected chi connectivity index (χ2v) is 11.0. The van der Waals surface area contributed by atoms with E-state index in [1.807, 2.05) is 34.9 Å². The number of hydrogen-bond donors (Lipinski definition) is 2. The summed E-state index contributed by atoms with van der Waals surface area (Å²) in [6.07, 6.45) is 5.83. The molecule has 0 aliphatic heterocycles. The molecule has 1 saturated carbocycles. The van der Waals surface area contributed by atoms with Gasteiger partial charge in [-0.1, -0.05) is 73.4 Å². The van der Waals surface area contributed by atoms with Gasteiger partial charge < -0.3 is 10.6 Å². The summed E-state index contributed by atoms with van der Waals surface area (Å²) in [5, 5.41) is 7.46. The summed E-state index contributed by atoms with van der Waals surface area (Å²) >= 11 is 12.8. The molecule has 0 spiro atoms. The highest BCUT2D eigenvalue weighted by molar-refractivity contribution is 6.39. The second-order valence-electron chi connectivity index (χ2n) is 10.2. The van der Waals surface area contributed by atoms with Crippen LogP contribution in [0.3, 0.4) is 0 Å². The van der Waals surface area contributed by atoms with Crippen molar-refractivity contribution in [1.82, 2.24) is 19.9 Å². The Hall–Kier alpha value is -3.09. The van der Waals surface area contributed by atoms with Gasteiger partial charge in [-0.2, -0.15) is 0 Å². The van der Waals surface area contributed by atoms with E-state index in [1.54, 1.807) is 30.5 Å². The molecule has 8 heteroatoms. The van der Waals surface area contributed by atoms with Crippen molar-refractivity contribution in [1.29, 1.82) is 0 Å². The van der Waals surface area contributed by atoms with Crippen molar-refractivity contribution in [3.63, 3.8) is 0 Å². The maximum atomic E-state index is 13.0. The first-order valence-electron chi connectivity index (χ1n) is 12.2. The quantitative estimate of drug-likeness (QED) is 0.280. The molecule has 1 amide bonds. The molecule has 2 heterocycles. The molecule has 2 aromatic heterocycles. The molecular weight excluding hydrogens is 493 g/mol. The number of fused-ring (bicyclic) bond motifs is 1. The first kappa shape index (κ1) is 24.6. The number of benzene rings is 2. The zero-order valence-corrected chi connectivity index (χ0v) is 21.9. The number of carbonyl (C=O) groups is 1. The van der Waals surface area contributed by atoms with Crippen LogP contribution in [0.4, 0.5) is 11.6 Å². The van der Waals surface area contributed by atoms with Crippen LogP contribution in [0, 0.1) is 5.41 Å². The number of aromatic nitrogens is 3. The lowest BCUT2D eigenvalue weighted by atomic mass is 9.75. The van der Waals surface area contributed by atoms with Crippen LogP contribution in [0.2, 0.25) is 10.0 Å². The van der Waals surface area contributed by atoms with Crippen molar-refractivity contribution in [3.8, 4) is 0 Å². The minimum absolute atomic E-state index is 0.115. The zero-order chi connectivity index (χ0) is 25.3. The SMILES string of the molecule is CC1(C)CCC(NC(=O)c2cnc3c(c2)nc(Nc2c(Cl)cccc2Cl)n3Cc2ccccc2)CC1. The Morgan fingerprint density at radius 3 is 2.44 bits per heavy atom. The van der Waals surface area contributed by atoms with Crippen molar-refractivity contribution >= 4 is 51.9 Å². The first-order valence-corrected chi connectivity index (χ1v) is 13.0. The van der Waals surface area contributed by atoms with E-state index in [0.717, 1.165) is 31.2 Å². The highest BCUT2D eigenvalue weighted by Crippen LogP contribution is 2.35. The van der Waals surface area contributed by atoms with Gasteiger partial charge in [0.25, 0.3) is 5.91 Å². The van der Waals surface area contributed by atoms with Crippen LogP contribution in [-0.4, -0.2) is 26.5 Å². The topological polar surface area (TPSA) is 71.8 Å². The normalized spacial score (nSPS) is 15.7. The van der Waals surface area contributed by atoms with Crippen LogP contribution in [0.5, 0.6) is 0 Å². The van der Waals surface area contributed by atoms with Gasteiger partial charge in [0.1, 0.15) is 5.52 Å². The Bertz CT molecular complexity index is 1370. The largest absolute Gasteiger partial charge is 0.349 e. The molecule has 186 valence electrons. The van der Waals surface area contributed by atoms with Crippen molar-refractivity contribution in [3.05, 3.63) is 82.0 Å². The number of imidazole rings is 1. The highest BCUT2D eigenvalue weighted by Gasteiger charge is 2.28. The molecule has 1 fully saturated rings. The van der Waals surface area contributed by atoms with E-state index >= 15 is 0 Å². The fourth-order valence-corrected chi connectivity index (χ4v) is 5.18. The molecule has 2 aromatic carbocycles. The minimum atomic E-state index is -0.115. The number of halogens is 2. The summed E-state index contributed by atoms with van der Waals surface area (Å²) in [6.45, 7) is 5.12. The van der Waals surface area contributed by atoms with Crippen LogP contribution >= 0.6 is 23.2 Å². The van der Waals surface area contributed by atoms with E-state index in [-0.39, 0.29) is 11.9 Å². The Morgan fingerprint density at radius 2 is 1.75 bits per heavy atom. The molecule has 0 bridgehead atoms. The number of amides is 1. The lowest BCUT2D eigenvalue weighted by molar-refractivity contribution is 0.0909. The fourth-order valence-electron chi connectivity index (χ4n) is 4.69. The molecule has 0 radical (unpaired) electrons.